The highest BCUT2D eigenvalue weighted by Crippen LogP contribution is 2.19. The number of carbonyl (C=O) groups is 2. The van der Waals surface area contributed by atoms with Crippen molar-refractivity contribution in [2.45, 2.75) is 25.4 Å². The molecule has 0 spiro atoms. The SMILES string of the molecule is O=C(NCc1cccc(Cl)c1)N[C@H](C(=O)N1CCCC1)c1ccccc1. The van der Waals surface area contributed by atoms with Crippen molar-refractivity contribution in [3.05, 3.63) is 70.7 Å². The lowest BCUT2D eigenvalue weighted by Crippen LogP contribution is -2.45. The van der Waals surface area contributed by atoms with Crippen LogP contribution in [0.3, 0.4) is 0 Å². The zero-order chi connectivity index (χ0) is 18.4. The molecule has 5 nitrogen and oxygen atoms in total. The van der Waals surface area contributed by atoms with Crippen LogP contribution in [0.2, 0.25) is 5.02 Å². The molecule has 6 heteroatoms. The second-order valence-corrected chi connectivity index (χ2v) is 6.77. The van der Waals surface area contributed by atoms with Gasteiger partial charge in [-0.25, -0.2) is 4.79 Å². The summed E-state index contributed by atoms with van der Waals surface area (Å²) < 4.78 is 0. The van der Waals surface area contributed by atoms with Crippen LogP contribution >= 0.6 is 11.6 Å². The molecule has 0 saturated carbocycles. The quantitative estimate of drug-likeness (QED) is 0.845. The third kappa shape index (κ3) is 4.76. The van der Waals surface area contributed by atoms with Crippen LogP contribution in [0.4, 0.5) is 4.79 Å². The molecular weight excluding hydrogens is 350 g/mol. The normalized spacial score (nSPS) is 14.7. The van der Waals surface area contributed by atoms with Crippen molar-refractivity contribution in [3.63, 3.8) is 0 Å². The van der Waals surface area contributed by atoms with E-state index in [1.54, 1.807) is 12.1 Å². The number of amides is 3. The molecule has 3 rings (SSSR count). The molecule has 26 heavy (non-hydrogen) atoms. The van der Waals surface area contributed by atoms with Gasteiger partial charge in [-0.2, -0.15) is 0 Å². The summed E-state index contributed by atoms with van der Waals surface area (Å²) in [4.78, 5) is 27.1. The zero-order valence-corrected chi connectivity index (χ0v) is 15.2. The summed E-state index contributed by atoms with van der Waals surface area (Å²) in [5.41, 5.74) is 1.68. The Balaban J connectivity index is 1.66. The van der Waals surface area contributed by atoms with E-state index in [0.29, 0.717) is 11.6 Å². The van der Waals surface area contributed by atoms with Gasteiger partial charge in [0.2, 0.25) is 5.91 Å². The summed E-state index contributed by atoms with van der Waals surface area (Å²) >= 11 is 5.96. The fourth-order valence-electron chi connectivity index (χ4n) is 3.06. The molecule has 0 aromatic heterocycles. The Kier molecular flexibility index (Phi) is 6.12. The Morgan fingerprint density at radius 1 is 1.04 bits per heavy atom. The van der Waals surface area contributed by atoms with Crippen LogP contribution < -0.4 is 10.6 Å². The zero-order valence-electron chi connectivity index (χ0n) is 14.5. The van der Waals surface area contributed by atoms with Crippen molar-refractivity contribution in [2.24, 2.45) is 0 Å². The average Bonchev–Trinajstić information content (AvgIpc) is 3.19. The number of benzene rings is 2. The van der Waals surface area contributed by atoms with Crippen LogP contribution in [0.5, 0.6) is 0 Å². The molecular formula is C20H22ClN3O2. The first-order valence-electron chi connectivity index (χ1n) is 8.76. The molecule has 0 unspecified atom stereocenters. The van der Waals surface area contributed by atoms with Crippen LogP contribution in [0.15, 0.2) is 54.6 Å². The van der Waals surface area contributed by atoms with Crippen molar-refractivity contribution in [1.82, 2.24) is 15.5 Å². The maximum absolute atomic E-state index is 12.9. The van der Waals surface area contributed by atoms with Gasteiger partial charge in [-0.05, 0) is 36.1 Å². The smallest absolute Gasteiger partial charge is 0.315 e. The van der Waals surface area contributed by atoms with Gasteiger partial charge in [0.25, 0.3) is 0 Å². The van der Waals surface area contributed by atoms with Crippen molar-refractivity contribution < 1.29 is 9.59 Å². The van der Waals surface area contributed by atoms with E-state index in [0.717, 1.165) is 37.1 Å². The summed E-state index contributed by atoms with van der Waals surface area (Å²) in [6.07, 6.45) is 2.02. The Morgan fingerprint density at radius 3 is 2.46 bits per heavy atom. The van der Waals surface area contributed by atoms with Gasteiger partial charge < -0.3 is 15.5 Å². The lowest BCUT2D eigenvalue weighted by Gasteiger charge is -2.24. The van der Waals surface area contributed by atoms with Crippen LogP contribution in [-0.4, -0.2) is 29.9 Å². The molecule has 1 atom stereocenters. The lowest BCUT2D eigenvalue weighted by molar-refractivity contribution is -0.132. The number of nitrogens with zero attached hydrogens (tertiary/aromatic N) is 1. The van der Waals surface area contributed by atoms with Crippen LogP contribution in [0.1, 0.15) is 30.0 Å². The maximum atomic E-state index is 12.9. The number of rotatable bonds is 5. The van der Waals surface area contributed by atoms with Crippen molar-refractivity contribution >= 4 is 23.5 Å². The second kappa shape index (κ2) is 8.72. The van der Waals surface area contributed by atoms with E-state index in [1.165, 1.54) is 0 Å². The Hall–Kier alpha value is -2.53. The highest BCUT2D eigenvalue weighted by atomic mass is 35.5. The topological polar surface area (TPSA) is 61.4 Å². The molecule has 1 aliphatic rings. The third-order valence-corrected chi connectivity index (χ3v) is 4.65. The number of hydrogen-bond donors (Lipinski definition) is 2. The van der Waals surface area contributed by atoms with Crippen LogP contribution in [-0.2, 0) is 11.3 Å². The van der Waals surface area contributed by atoms with Crippen molar-refractivity contribution in [2.75, 3.05) is 13.1 Å². The molecule has 2 aromatic rings. The molecule has 136 valence electrons. The van der Waals surface area contributed by atoms with Gasteiger partial charge in [-0.1, -0.05) is 54.1 Å². The highest BCUT2D eigenvalue weighted by Gasteiger charge is 2.28. The molecule has 3 amide bonds. The maximum Gasteiger partial charge on any atom is 0.315 e. The van der Waals surface area contributed by atoms with Gasteiger partial charge in [0.05, 0.1) is 0 Å². The van der Waals surface area contributed by atoms with Gasteiger partial charge in [0.1, 0.15) is 6.04 Å². The molecule has 1 heterocycles. The molecule has 1 fully saturated rings. The van der Waals surface area contributed by atoms with E-state index >= 15 is 0 Å². The molecule has 2 aromatic carbocycles. The van der Waals surface area contributed by atoms with Gasteiger partial charge in [0, 0.05) is 24.7 Å². The van der Waals surface area contributed by atoms with E-state index in [-0.39, 0.29) is 11.9 Å². The summed E-state index contributed by atoms with van der Waals surface area (Å²) in [5, 5.41) is 6.23. The molecule has 2 N–H and O–H groups in total. The first-order chi connectivity index (χ1) is 12.6. The van der Waals surface area contributed by atoms with Gasteiger partial charge in [-0.3, -0.25) is 4.79 Å². The number of halogens is 1. The first-order valence-corrected chi connectivity index (χ1v) is 9.14. The molecule has 1 aliphatic heterocycles. The van der Waals surface area contributed by atoms with E-state index in [2.05, 4.69) is 10.6 Å². The molecule has 1 saturated heterocycles. The number of carbonyl (C=O) groups excluding carboxylic acids is 2. The number of urea groups is 1. The summed E-state index contributed by atoms with van der Waals surface area (Å²) in [6, 6.07) is 15.6. The van der Waals surface area contributed by atoms with Gasteiger partial charge >= 0.3 is 6.03 Å². The standard InChI is InChI=1S/C20H22ClN3O2/c21-17-10-6-7-15(13-17)14-22-20(26)23-18(16-8-2-1-3-9-16)19(25)24-11-4-5-12-24/h1-3,6-10,13,18H,4-5,11-12,14H2,(H2,22,23,26)/t18-/m0/s1. The van der Waals surface area contributed by atoms with E-state index in [1.807, 2.05) is 47.4 Å². The minimum absolute atomic E-state index is 0.0633. The number of likely N-dealkylation sites (tertiary alicyclic amines) is 1. The van der Waals surface area contributed by atoms with Gasteiger partial charge in [-0.15, -0.1) is 0 Å². The number of hydrogen-bond acceptors (Lipinski definition) is 2. The minimum Gasteiger partial charge on any atom is -0.341 e. The molecule has 0 aliphatic carbocycles. The van der Waals surface area contributed by atoms with Gasteiger partial charge in [0.15, 0.2) is 0 Å². The Bertz CT molecular complexity index is 761. The average molecular weight is 372 g/mol. The largest absolute Gasteiger partial charge is 0.341 e. The second-order valence-electron chi connectivity index (χ2n) is 6.33. The summed E-state index contributed by atoms with van der Waals surface area (Å²) in [6.45, 7) is 1.83. The number of nitrogens with one attached hydrogen (secondary N) is 2. The monoisotopic (exact) mass is 371 g/mol. The van der Waals surface area contributed by atoms with E-state index in [4.69, 9.17) is 11.6 Å². The third-order valence-electron chi connectivity index (χ3n) is 4.42. The van der Waals surface area contributed by atoms with E-state index in [9.17, 15) is 9.59 Å². The summed E-state index contributed by atoms with van der Waals surface area (Å²) in [5.74, 6) is -0.0633. The van der Waals surface area contributed by atoms with Crippen molar-refractivity contribution in [1.29, 1.82) is 0 Å². The minimum atomic E-state index is -0.686. The predicted molar refractivity (Wildman–Crippen MR) is 102 cm³/mol. The Morgan fingerprint density at radius 2 is 1.77 bits per heavy atom. The first kappa shape index (κ1) is 18.3. The fraction of sp³-hybridized carbons (Fsp3) is 0.300. The Labute approximate surface area is 158 Å². The molecule has 0 bridgehead atoms. The van der Waals surface area contributed by atoms with Crippen LogP contribution in [0, 0.1) is 0 Å². The van der Waals surface area contributed by atoms with Crippen LogP contribution in [0.25, 0.3) is 0 Å². The van der Waals surface area contributed by atoms with Crippen molar-refractivity contribution in [3.8, 4) is 0 Å². The molecule has 0 radical (unpaired) electrons. The lowest BCUT2D eigenvalue weighted by atomic mass is 10.1. The van der Waals surface area contributed by atoms with E-state index < -0.39 is 6.04 Å². The highest BCUT2D eigenvalue weighted by molar-refractivity contribution is 6.30. The fourth-order valence-corrected chi connectivity index (χ4v) is 3.28. The predicted octanol–water partition coefficient (Wildman–Crippen LogP) is 3.50. The summed E-state index contributed by atoms with van der Waals surface area (Å²) in [7, 11) is 0.